The minimum Gasteiger partial charge on any atom is -0.508 e. The Hall–Kier alpha value is -6.18. The number of aliphatic carboxylic acids is 1. The molecular formula is C35H42N8O11. The number of benzene rings is 2. The summed E-state index contributed by atoms with van der Waals surface area (Å²) in [5.41, 5.74) is 9.06. The molecule has 0 fully saturated rings. The number of phenolic OH excluding ortho intramolecular Hbond substituents is 2. The van der Waals surface area contributed by atoms with Crippen LogP contribution in [0.2, 0.25) is 0 Å². The third-order valence-corrected chi connectivity index (χ3v) is 8.27. The number of ether oxygens (including phenoxy) is 1. The number of aliphatic hydroxyl groups excluding tert-OH is 1. The highest BCUT2D eigenvalue weighted by molar-refractivity contribution is 6.49. The number of carboxylic acid groups (broad SMARTS) is 1. The van der Waals surface area contributed by atoms with E-state index in [1.54, 1.807) is 0 Å². The molecule has 2 aliphatic heterocycles. The maximum Gasteiger partial charge on any atom is 0.434 e. The predicted molar refractivity (Wildman–Crippen MR) is 192 cm³/mol. The fourth-order valence-electron chi connectivity index (χ4n) is 5.31. The number of aliphatic imine (C=N–C) groups is 2. The molecule has 4 rings (SSSR count). The van der Waals surface area contributed by atoms with Crippen LogP contribution in [0.25, 0.3) is 6.08 Å². The highest BCUT2D eigenvalue weighted by atomic mass is 16.6. The van der Waals surface area contributed by atoms with Crippen LogP contribution in [0.5, 0.6) is 11.5 Å². The summed E-state index contributed by atoms with van der Waals surface area (Å²) in [6, 6.07) is 6.16. The normalized spacial score (nSPS) is 18.3. The van der Waals surface area contributed by atoms with Gasteiger partial charge in [-0.25, -0.2) is 25.0 Å². The number of rotatable bonds is 18. The number of hydrogen-bond donors (Lipinski definition) is 9. The lowest BCUT2D eigenvalue weighted by Gasteiger charge is -2.27. The molecule has 0 bridgehead atoms. The molecule has 2 aromatic rings. The zero-order chi connectivity index (χ0) is 39.5. The quantitative estimate of drug-likeness (QED) is 0.0684. The van der Waals surface area contributed by atoms with Crippen molar-refractivity contribution in [1.29, 1.82) is 0 Å². The second-order valence-electron chi connectivity index (χ2n) is 12.4. The number of nitrogens with zero attached hydrogens (tertiary/aromatic N) is 3. The first-order valence-corrected chi connectivity index (χ1v) is 16.9. The molecule has 10 N–H and O–H groups in total. The maximum atomic E-state index is 13.6. The molecule has 19 nitrogen and oxygen atoms in total. The number of carbonyl (C=O) groups excluding carboxylic acids is 5. The number of hydrogen-bond acceptors (Lipinski definition) is 13. The van der Waals surface area contributed by atoms with Crippen molar-refractivity contribution in [3.05, 3.63) is 65.4 Å². The summed E-state index contributed by atoms with van der Waals surface area (Å²) in [5.74, 6) is -4.88. The van der Waals surface area contributed by atoms with Gasteiger partial charge in [0.25, 0.3) is 5.91 Å². The lowest BCUT2D eigenvalue weighted by atomic mass is 10.1. The Morgan fingerprint density at radius 3 is 2.07 bits per heavy atom. The number of phenols is 2. The van der Waals surface area contributed by atoms with Crippen LogP contribution in [0.3, 0.4) is 0 Å². The Morgan fingerprint density at radius 1 is 0.889 bits per heavy atom. The van der Waals surface area contributed by atoms with Gasteiger partial charge in [-0.05, 0) is 81.1 Å². The molecule has 19 heteroatoms. The van der Waals surface area contributed by atoms with Gasteiger partial charge in [0.15, 0.2) is 5.84 Å². The molecule has 0 aromatic heterocycles. The number of hydrazine groups is 1. The molecule has 2 aliphatic rings. The van der Waals surface area contributed by atoms with Crippen LogP contribution in [-0.2, 0) is 35.1 Å². The van der Waals surface area contributed by atoms with Crippen molar-refractivity contribution in [1.82, 2.24) is 26.4 Å². The van der Waals surface area contributed by atoms with Crippen molar-refractivity contribution in [2.45, 2.75) is 69.8 Å². The van der Waals surface area contributed by atoms with Crippen molar-refractivity contribution in [3.63, 3.8) is 0 Å². The fraction of sp³-hybridized carbons (Fsp3) is 0.371. The number of nitrogens with one attached hydrogen (secondary N) is 4. The number of amides is 5. The van der Waals surface area contributed by atoms with Crippen LogP contribution in [0.15, 0.2) is 64.2 Å². The molecule has 2 heterocycles. The van der Waals surface area contributed by atoms with Gasteiger partial charge in [-0.1, -0.05) is 24.3 Å². The Labute approximate surface area is 309 Å². The van der Waals surface area contributed by atoms with Gasteiger partial charge in [0.1, 0.15) is 53.2 Å². The second-order valence-corrected chi connectivity index (χ2v) is 12.4. The molecule has 0 spiro atoms. The minimum atomic E-state index is -1.57. The summed E-state index contributed by atoms with van der Waals surface area (Å²) in [7, 11) is 0. The van der Waals surface area contributed by atoms with Crippen molar-refractivity contribution in [2.75, 3.05) is 13.2 Å². The summed E-state index contributed by atoms with van der Waals surface area (Å²) in [5, 5.41) is 47.3. The first-order valence-electron chi connectivity index (χ1n) is 16.9. The predicted octanol–water partition coefficient (Wildman–Crippen LogP) is -0.545. The second kappa shape index (κ2) is 18.5. The maximum absolute atomic E-state index is 13.6. The monoisotopic (exact) mass is 750 g/mol. The Morgan fingerprint density at radius 2 is 1.50 bits per heavy atom. The van der Waals surface area contributed by atoms with Gasteiger partial charge in [0.05, 0.1) is 6.61 Å². The van der Waals surface area contributed by atoms with Crippen molar-refractivity contribution < 1.29 is 53.9 Å². The van der Waals surface area contributed by atoms with Gasteiger partial charge in [-0.15, -0.1) is 0 Å². The zero-order valence-electron chi connectivity index (χ0n) is 29.4. The van der Waals surface area contributed by atoms with Crippen LogP contribution in [0.1, 0.15) is 44.2 Å². The first kappa shape index (κ1) is 40.6. The lowest BCUT2D eigenvalue weighted by molar-refractivity contribution is -0.142. The average molecular weight is 751 g/mol. The SMILES string of the molecule is C[C@H](NC(=O)[C@H](CCCCN)NC(=O)[C@H](CO)NN1C(=O)/C(=C/c2ccc(O)cc2)N=C1C1=NC(=O)O[C@H]1C)C(=O)N[C@@H](Cc1ccc(O)cc1)C(=O)O. The fourth-order valence-corrected chi connectivity index (χ4v) is 5.31. The molecular weight excluding hydrogens is 708 g/mol. The zero-order valence-corrected chi connectivity index (χ0v) is 29.4. The van der Waals surface area contributed by atoms with Gasteiger partial charge in [0, 0.05) is 6.42 Å². The molecule has 0 unspecified atom stereocenters. The summed E-state index contributed by atoms with van der Waals surface area (Å²) in [6.45, 7) is 2.22. The number of aliphatic hydroxyl groups is 1. The van der Waals surface area contributed by atoms with E-state index in [4.69, 9.17) is 10.5 Å². The van der Waals surface area contributed by atoms with E-state index >= 15 is 0 Å². The van der Waals surface area contributed by atoms with E-state index in [-0.39, 0.29) is 48.1 Å². The van der Waals surface area contributed by atoms with Crippen LogP contribution in [-0.4, -0.2) is 116 Å². The summed E-state index contributed by atoms with van der Waals surface area (Å²) >= 11 is 0. The van der Waals surface area contributed by atoms with Crippen molar-refractivity contribution >= 4 is 53.3 Å². The molecule has 0 saturated heterocycles. The molecule has 0 aliphatic carbocycles. The molecule has 0 saturated carbocycles. The lowest BCUT2D eigenvalue weighted by Crippen LogP contribution is -2.60. The minimum absolute atomic E-state index is 0.00878. The molecule has 54 heavy (non-hydrogen) atoms. The first-order chi connectivity index (χ1) is 25.7. The largest absolute Gasteiger partial charge is 0.508 e. The van der Waals surface area contributed by atoms with Gasteiger partial charge in [0.2, 0.25) is 17.7 Å². The molecule has 5 atom stereocenters. The number of cyclic esters (lactones) is 1. The third kappa shape index (κ3) is 10.7. The van der Waals surface area contributed by atoms with Crippen molar-refractivity contribution in [2.24, 2.45) is 15.7 Å². The topological polar surface area (TPSA) is 295 Å². The number of nitrogens with two attached hydrogens (primary N) is 1. The summed E-state index contributed by atoms with van der Waals surface area (Å²) in [4.78, 5) is 85.6. The number of amidine groups is 1. The van der Waals surface area contributed by atoms with E-state index in [1.807, 2.05) is 0 Å². The van der Waals surface area contributed by atoms with Crippen LogP contribution in [0.4, 0.5) is 4.79 Å². The smallest absolute Gasteiger partial charge is 0.434 e. The van der Waals surface area contributed by atoms with Gasteiger partial charge in [-0.3, -0.25) is 19.2 Å². The van der Waals surface area contributed by atoms with Crippen LogP contribution < -0.4 is 27.1 Å². The highest BCUT2D eigenvalue weighted by Crippen LogP contribution is 2.22. The third-order valence-electron chi connectivity index (χ3n) is 8.27. The molecule has 5 amide bonds. The van der Waals surface area contributed by atoms with E-state index in [2.05, 4.69) is 31.4 Å². The van der Waals surface area contributed by atoms with E-state index in [9.17, 15) is 49.2 Å². The van der Waals surface area contributed by atoms with Crippen LogP contribution >= 0.6 is 0 Å². The number of carboxylic acids is 1. The Bertz CT molecular complexity index is 1830. The van der Waals surface area contributed by atoms with Gasteiger partial charge in [-0.2, -0.15) is 4.99 Å². The average Bonchev–Trinajstić information content (AvgIpc) is 3.63. The number of carbonyl (C=O) groups is 6. The van der Waals surface area contributed by atoms with Gasteiger partial charge < -0.3 is 46.8 Å². The van der Waals surface area contributed by atoms with Gasteiger partial charge >= 0.3 is 12.1 Å². The number of unbranched alkanes of at least 4 members (excludes halogenated alkanes) is 1. The summed E-state index contributed by atoms with van der Waals surface area (Å²) in [6.07, 6.45) is 0.351. The van der Waals surface area contributed by atoms with Crippen molar-refractivity contribution in [3.8, 4) is 11.5 Å². The number of aromatic hydroxyl groups is 2. The molecule has 0 radical (unpaired) electrons. The highest BCUT2D eigenvalue weighted by Gasteiger charge is 2.41. The van der Waals surface area contributed by atoms with E-state index in [1.165, 1.54) is 68.5 Å². The molecule has 288 valence electrons. The standard InChI is InChI=1S/C35H42N8O11/c1-18(30(47)40-26(34(51)52)16-21-8-12-23(46)13-9-21)37-31(48)24(5-3-4-14-36)39-32(49)27(17-44)42-43-29(28-19(2)54-35(53)41-28)38-25(33(43)50)15-20-6-10-22(45)11-7-20/h6-13,15,18-19,24,26-27,42,44-46H,3-5,14,16-17,36H2,1-2H3,(H,37,48)(H,39,49)(H,40,47)(H,51,52)/b25-15-/t18-,19-,24-,26-,27-/m0/s1. The Balaban J connectivity index is 1.48. The van der Waals surface area contributed by atoms with Crippen LogP contribution in [0, 0.1) is 0 Å². The van der Waals surface area contributed by atoms with E-state index < -0.39 is 72.6 Å². The molecule has 2 aromatic carbocycles. The van der Waals surface area contributed by atoms with E-state index in [0.29, 0.717) is 24.0 Å². The van der Waals surface area contributed by atoms with E-state index in [0.717, 1.165) is 5.01 Å². The summed E-state index contributed by atoms with van der Waals surface area (Å²) < 4.78 is 5.07. The Kier molecular flexibility index (Phi) is 13.9.